The van der Waals surface area contributed by atoms with Gasteiger partial charge >= 0.3 is 35.7 Å². The Balaban J connectivity index is -0.0000000150. The maximum atomic E-state index is 8.56. The molecule has 0 aliphatic carbocycles. The first-order valence-electron chi connectivity index (χ1n) is 0.651. The maximum Gasteiger partial charge on any atom is 0 e. The molecule has 0 aromatic carbocycles. The number of hydrogen-bond acceptors (Lipinski definition) is 1. The number of rotatable bonds is 0. The van der Waals surface area contributed by atoms with Gasteiger partial charge in [0.2, 0.25) is 0 Å². The first-order valence-corrected chi connectivity index (χ1v) is 0.651. The first kappa shape index (κ1) is 25.2. The Morgan fingerprint density at radius 3 is 1.29 bits per heavy atom. The van der Waals surface area contributed by atoms with Crippen LogP contribution in [0.3, 0.4) is 0 Å². The van der Waals surface area contributed by atoms with Crippen molar-refractivity contribution in [2.24, 2.45) is 0 Å². The smallest absolute Gasteiger partial charge is 0 e. The Morgan fingerprint density at radius 1 is 1.29 bits per heavy atom. The van der Waals surface area contributed by atoms with Gasteiger partial charge in [-0.15, -0.1) is 0 Å². The summed E-state index contributed by atoms with van der Waals surface area (Å²) < 4.78 is 0. The maximum absolute atomic E-state index is 8.56. The molecule has 0 bridgehead atoms. The van der Waals surface area contributed by atoms with Crippen molar-refractivity contribution in [2.75, 3.05) is 0 Å². The summed E-state index contributed by atoms with van der Waals surface area (Å²) in [7, 11) is 0. The molecule has 0 aliphatic rings. The van der Waals surface area contributed by atoms with Crippen molar-refractivity contribution in [2.45, 2.75) is 0 Å². The molecule has 0 radical (unpaired) electrons. The summed E-state index contributed by atoms with van der Waals surface area (Å²) in [5.41, 5.74) is 0. The van der Waals surface area contributed by atoms with Gasteiger partial charge in [0.15, 0.2) is 0 Å². The van der Waals surface area contributed by atoms with Crippen molar-refractivity contribution in [3.63, 3.8) is 0 Å². The molecule has 0 unspecified atom stereocenters. The van der Waals surface area contributed by atoms with Crippen molar-refractivity contribution in [3.8, 4) is 0 Å². The molecule has 4 nitrogen and oxygen atoms in total. The zero-order valence-electron chi connectivity index (χ0n) is 2.62. The number of carboxylic acid groups (broad SMARTS) is 2. The van der Waals surface area contributed by atoms with E-state index in [0.29, 0.717) is 0 Å². The quantitative estimate of drug-likeness (QED) is 0.436. The predicted molar refractivity (Wildman–Crippen MR) is 21.4 cm³/mol. The predicted octanol–water partition coefficient (Wildman–Crippen LogP) is -1.25. The van der Waals surface area contributed by atoms with Crippen LogP contribution < -0.4 is 0 Å². The second-order valence-corrected chi connectivity index (χ2v) is 0.283. The second-order valence-electron chi connectivity index (χ2n) is 0.283. The molecule has 44 valence electrons. The fourth-order valence-corrected chi connectivity index (χ4v) is 0. The molecule has 0 rings (SSSR count). The van der Waals surface area contributed by atoms with Gasteiger partial charge in [0.25, 0.3) is 0 Å². The second kappa shape index (κ2) is 15.9. The van der Waals surface area contributed by atoms with Crippen molar-refractivity contribution in [3.05, 3.63) is 0 Å². The Labute approximate surface area is 72.4 Å². The molecule has 0 saturated heterocycles. The third kappa shape index (κ3) is 287. The number of hydrogen-bond donors (Lipinski definition) is 2. The van der Waals surface area contributed by atoms with Gasteiger partial charge in [-0.2, -0.15) is 0 Å². The monoisotopic (exact) mass is 162 g/mol. The largest absolute Gasteiger partial charge is 0 e. The minimum absolute atomic E-state index is 0. The average Bonchev–Trinajstić information content (AvgIpc) is 0.811. The topological polar surface area (TPSA) is 89.0 Å². The van der Waals surface area contributed by atoms with Crippen LogP contribution in [0.2, 0.25) is 0 Å². The van der Waals surface area contributed by atoms with Gasteiger partial charge in [-0.25, -0.2) is 4.79 Å². The summed E-state index contributed by atoms with van der Waals surface area (Å²) in [6.45, 7) is 0. The molecule has 7 heavy (non-hydrogen) atoms. The van der Waals surface area contributed by atoms with E-state index in [2.05, 4.69) is 0 Å². The van der Waals surface area contributed by atoms with Crippen LogP contribution in [0, 0.1) is 0 Å². The van der Waals surface area contributed by atoms with Crippen LogP contribution >= 0.6 is 0 Å². The van der Waals surface area contributed by atoms with Crippen molar-refractivity contribution in [1.29, 1.82) is 0 Å². The molecule has 4 N–H and O–H groups in total. The molecule has 0 atom stereocenters. The summed E-state index contributed by atoms with van der Waals surface area (Å²) in [6, 6.07) is 0. The van der Waals surface area contributed by atoms with Crippen LogP contribution in [0.15, 0.2) is 0 Å². The molecule has 0 heterocycles. The van der Waals surface area contributed by atoms with E-state index in [1.807, 2.05) is 0 Å². The summed E-state index contributed by atoms with van der Waals surface area (Å²) in [4.78, 5) is 8.56. The van der Waals surface area contributed by atoms with Crippen LogP contribution in [-0.4, -0.2) is 51.4 Å². The minimum Gasteiger partial charge on any atom is 0 e. The van der Waals surface area contributed by atoms with E-state index in [-0.39, 0.29) is 51.5 Å². The van der Waals surface area contributed by atoms with E-state index in [1.54, 1.807) is 0 Å². The molecule has 0 aromatic rings. The van der Waals surface area contributed by atoms with E-state index in [9.17, 15) is 0 Å². The zero-order chi connectivity index (χ0) is 3.58. The van der Waals surface area contributed by atoms with Crippen LogP contribution in [0.1, 0.15) is 0 Å². The number of carbonyl (C=O) groups is 1. The van der Waals surface area contributed by atoms with Gasteiger partial charge < -0.3 is 15.7 Å². The van der Waals surface area contributed by atoms with Gasteiger partial charge in [0.1, 0.15) is 0 Å². The van der Waals surface area contributed by atoms with Gasteiger partial charge in [0.05, 0.1) is 0 Å². The fourth-order valence-electron chi connectivity index (χ4n) is 0. The summed E-state index contributed by atoms with van der Waals surface area (Å²) in [6.07, 6.45) is -1.83. The molecular weight excluding hydrogens is 158 g/mol. The molecule has 6 heteroatoms. The summed E-state index contributed by atoms with van der Waals surface area (Å²) in [5.74, 6) is 0. The molecule has 0 aliphatic heterocycles. The van der Waals surface area contributed by atoms with E-state index in [4.69, 9.17) is 15.0 Å². The van der Waals surface area contributed by atoms with Gasteiger partial charge in [-0.05, 0) is 0 Å². The van der Waals surface area contributed by atoms with E-state index in [0.717, 1.165) is 0 Å². The Bertz CT molecular complexity index is 34.7. The van der Waals surface area contributed by atoms with E-state index < -0.39 is 6.16 Å². The summed E-state index contributed by atoms with van der Waals surface area (Å²) >= 11 is 0. The Hall–Kier alpha value is 0.724. The van der Waals surface area contributed by atoms with Gasteiger partial charge in [-0.3, -0.25) is 0 Å². The third-order valence-electron chi connectivity index (χ3n) is 0. The normalized spacial score (nSPS) is 3.43. The molecule has 0 amide bonds. The van der Waals surface area contributed by atoms with Crippen LogP contribution in [0.4, 0.5) is 4.79 Å². The standard InChI is InChI=1S/CH2O3.Na.Ni.H2O.H/c2-1(3)4;;;;/h(H2,2,3,4);;;1H2;. The zero-order valence-corrected chi connectivity index (χ0v) is 3.61. The van der Waals surface area contributed by atoms with Gasteiger partial charge in [0, 0.05) is 16.5 Å². The minimum atomic E-state index is -1.83. The SMILES string of the molecule is O.O=C(O)O.[NaH].[Ni]. The molecule has 0 spiro atoms. The van der Waals surface area contributed by atoms with Crippen LogP contribution in [0.25, 0.3) is 0 Å². The third-order valence-corrected chi connectivity index (χ3v) is 0. The fraction of sp³-hybridized carbons (Fsp3) is 0. The average molecular weight is 163 g/mol. The Kier molecular flexibility index (Phi) is 57.2. The van der Waals surface area contributed by atoms with Crippen molar-refractivity contribution < 1.29 is 37.0 Å². The molecule has 0 aromatic heterocycles. The van der Waals surface area contributed by atoms with Gasteiger partial charge in [-0.1, -0.05) is 0 Å². The van der Waals surface area contributed by atoms with Crippen LogP contribution in [0.5, 0.6) is 0 Å². The van der Waals surface area contributed by atoms with Crippen LogP contribution in [-0.2, 0) is 16.5 Å². The van der Waals surface area contributed by atoms with Crippen molar-refractivity contribution >= 4 is 35.7 Å². The van der Waals surface area contributed by atoms with E-state index >= 15 is 0 Å². The van der Waals surface area contributed by atoms with E-state index in [1.165, 1.54) is 0 Å². The Morgan fingerprint density at radius 2 is 1.29 bits per heavy atom. The molecular formula is CH5NaNiO4. The molecule has 0 saturated carbocycles. The summed E-state index contributed by atoms with van der Waals surface area (Å²) in [5, 5.41) is 13.9. The van der Waals surface area contributed by atoms with Crippen molar-refractivity contribution in [1.82, 2.24) is 0 Å². The molecule has 0 fully saturated rings. The first-order chi connectivity index (χ1) is 1.73.